The lowest BCUT2D eigenvalue weighted by Gasteiger charge is -2.26. The van der Waals surface area contributed by atoms with E-state index in [4.69, 9.17) is 4.74 Å². The second-order valence-electron chi connectivity index (χ2n) is 8.00. The quantitative estimate of drug-likeness (QED) is 0.222. The van der Waals surface area contributed by atoms with Crippen LogP contribution in [0.4, 0.5) is 5.69 Å². The molecule has 0 atom stereocenters. The van der Waals surface area contributed by atoms with Gasteiger partial charge in [0, 0.05) is 6.92 Å². The van der Waals surface area contributed by atoms with Crippen LogP contribution in [0.25, 0.3) is 0 Å². The summed E-state index contributed by atoms with van der Waals surface area (Å²) in [4.78, 5) is 23.8. The summed E-state index contributed by atoms with van der Waals surface area (Å²) in [5.74, 6) is -0.633. The zero-order valence-electron chi connectivity index (χ0n) is 20.0. The Morgan fingerprint density at radius 3 is 2.26 bits per heavy atom. The van der Waals surface area contributed by atoms with Gasteiger partial charge in [-0.1, -0.05) is 29.8 Å². The van der Waals surface area contributed by atoms with E-state index in [1.54, 1.807) is 48.5 Å². The van der Waals surface area contributed by atoms with E-state index in [1.165, 1.54) is 25.3 Å². The number of hydrazone groups is 1. The Morgan fingerprint density at radius 1 is 0.971 bits per heavy atom. The van der Waals surface area contributed by atoms with Gasteiger partial charge in [-0.25, -0.2) is 13.8 Å². The Hall–Kier alpha value is -3.98. The Balaban J connectivity index is 1.81. The van der Waals surface area contributed by atoms with Gasteiger partial charge in [-0.2, -0.15) is 5.10 Å². The van der Waals surface area contributed by atoms with Gasteiger partial charge in [0.05, 0.1) is 16.8 Å². The summed E-state index contributed by atoms with van der Waals surface area (Å²) in [6.07, 6.45) is 1.41. The SMILES string of the molecule is CC(=O)Oc1ccc(/C=N\NC(=O)CN(c2cccc(C)c2C)S(=O)(=O)c2ccc(C)cc2)cc1. The average Bonchev–Trinajstić information content (AvgIpc) is 2.80. The van der Waals surface area contributed by atoms with Crippen molar-refractivity contribution in [3.05, 3.63) is 89.0 Å². The minimum Gasteiger partial charge on any atom is -0.427 e. The lowest BCUT2D eigenvalue weighted by atomic mass is 10.1. The Kier molecular flexibility index (Phi) is 8.03. The van der Waals surface area contributed by atoms with Crippen LogP contribution in [0.2, 0.25) is 0 Å². The number of carbonyl (C=O) groups is 2. The van der Waals surface area contributed by atoms with Gasteiger partial charge in [-0.3, -0.25) is 13.9 Å². The number of ether oxygens (including phenoxy) is 1. The zero-order chi connectivity index (χ0) is 25.6. The van der Waals surface area contributed by atoms with Crippen molar-refractivity contribution in [3.63, 3.8) is 0 Å². The number of hydrogen-bond acceptors (Lipinski definition) is 6. The van der Waals surface area contributed by atoms with Crippen LogP contribution in [0.5, 0.6) is 5.75 Å². The molecule has 35 heavy (non-hydrogen) atoms. The molecule has 3 rings (SSSR count). The average molecular weight is 494 g/mol. The number of esters is 1. The zero-order valence-corrected chi connectivity index (χ0v) is 20.8. The molecule has 9 heteroatoms. The van der Waals surface area contributed by atoms with Crippen LogP contribution in [-0.2, 0) is 19.6 Å². The molecule has 0 saturated carbocycles. The molecule has 0 saturated heterocycles. The van der Waals surface area contributed by atoms with Gasteiger partial charge < -0.3 is 4.74 Å². The molecule has 0 spiro atoms. The summed E-state index contributed by atoms with van der Waals surface area (Å²) in [5, 5.41) is 3.93. The van der Waals surface area contributed by atoms with Crippen molar-refractivity contribution in [2.24, 2.45) is 5.10 Å². The summed E-state index contributed by atoms with van der Waals surface area (Å²) in [6.45, 7) is 6.42. The monoisotopic (exact) mass is 493 g/mol. The van der Waals surface area contributed by atoms with Gasteiger partial charge in [0.1, 0.15) is 12.3 Å². The molecule has 0 aliphatic carbocycles. The van der Waals surface area contributed by atoms with Crippen LogP contribution in [0.3, 0.4) is 0 Å². The van der Waals surface area contributed by atoms with Crippen molar-refractivity contribution >= 4 is 33.8 Å². The number of hydrogen-bond donors (Lipinski definition) is 1. The second-order valence-corrected chi connectivity index (χ2v) is 9.86. The number of sulfonamides is 1. The molecule has 3 aromatic carbocycles. The summed E-state index contributed by atoms with van der Waals surface area (Å²) in [6, 6.07) is 18.3. The van der Waals surface area contributed by atoms with Gasteiger partial charge >= 0.3 is 5.97 Å². The molecule has 1 N–H and O–H groups in total. The second kappa shape index (κ2) is 11.0. The molecule has 182 valence electrons. The number of amides is 1. The standard InChI is InChI=1S/C26H27N3O5S/c1-18-8-14-24(15-9-18)35(32,33)29(25-7-5-6-19(2)20(25)3)17-26(31)28-27-16-22-10-12-23(13-11-22)34-21(4)30/h5-16H,17H2,1-4H3,(H,28,31)/b27-16-. The maximum Gasteiger partial charge on any atom is 0.308 e. The summed E-state index contributed by atoms with van der Waals surface area (Å²) >= 11 is 0. The van der Waals surface area contributed by atoms with E-state index in [9.17, 15) is 18.0 Å². The van der Waals surface area contributed by atoms with Gasteiger partial charge in [0.2, 0.25) is 0 Å². The van der Waals surface area contributed by atoms with E-state index < -0.39 is 28.4 Å². The minimum atomic E-state index is -4.02. The Morgan fingerprint density at radius 2 is 1.63 bits per heavy atom. The van der Waals surface area contributed by atoms with Crippen molar-refractivity contribution in [2.75, 3.05) is 10.8 Å². The lowest BCUT2D eigenvalue weighted by molar-refractivity contribution is -0.131. The third kappa shape index (κ3) is 6.54. The fourth-order valence-corrected chi connectivity index (χ4v) is 4.75. The number of benzene rings is 3. The largest absolute Gasteiger partial charge is 0.427 e. The van der Waals surface area contributed by atoms with Crippen LogP contribution >= 0.6 is 0 Å². The highest BCUT2D eigenvalue weighted by Crippen LogP contribution is 2.28. The number of nitrogens with one attached hydrogen (secondary N) is 1. The predicted octanol–water partition coefficient (Wildman–Crippen LogP) is 3.88. The maximum absolute atomic E-state index is 13.5. The third-order valence-corrected chi connectivity index (χ3v) is 7.06. The number of nitrogens with zero attached hydrogens (tertiary/aromatic N) is 2. The molecule has 1 amide bonds. The van der Waals surface area contributed by atoms with Crippen molar-refractivity contribution in [1.29, 1.82) is 0 Å². The van der Waals surface area contributed by atoms with Crippen LogP contribution in [0.1, 0.15) is 29.2 Å². The molecule has 0 heterocycles. The Labute approximate surface area is 205 Å². The number of rotatable bonds is 8. The highest BCUT2D eigenvalue weighted by Gasteiger charge is 2.28. The van der Waals surface area contributed by atoms with Crippen molar-refractivity contribution in [1.82, 2.24) is 5.43 Å². The van der Waals surface area contributed by atoms with E-state index in [1.807, 2.05) is 26.8 Å². The lowest BCUT2D eigenvalue weighted by Crippen LogP contribution is -2.40. The fraction of sp³-hybridized carbons (Fsp3) is 0.192. The van der Waals surface area contributed by atoms with Crippen LogP contribution in [0.15, 0.2) is 76.7 Å². The van der Waals surface area contributed by atoms with Gasteiger partial charge in [0.25, 0.3) is 15.9 Å². The highest BCUT2D eigenvalue weighted by atomic mass is 32.2. The highest BCUT2D eigenvalue weighted by molar-refractivity contribution is 7.92. The van der Waals surface area contributed by atoms with Crippen LogP contribution < -0.4 is 14.5 Å². The van der Waals surface area contributed by atoms with Crippen LogP contribution in [-0.4, -0.2) is 33.1 Å². The molecule has 0 fully saturated rings. The first kappa shape index (κ1) is 25.6. The van der Waals surface area contributed by atoms with Gasteiger partial charge in [-0.15, -0.1) is 0 Å². The number of anilines is 1. The molecular weight excluding hydrogens is 466 g/mol. The maximum atomic E-state index is 13.5. The van der Waals surface area contributed by atoms with Gasteiger partial charge in [0.15, 0.2) is 0 Å². The summed E-state index contributed by atoms with van der Waals surface area (Å²) in [7, 11) is -4.02. The number of aryl methyl sites for hydroxylation is 2. The van der Waals surface area contributed by atoms with E-state index in [0.717, 1.165) is 21.0 Å². The van der Waals surface area contributed by atoms with Crippen molar-refractivity contribution in [3.8, 4) is 5.75 Å². The fourth-order valence-electron chi connectivity index (χ4n) is 3.28. The first-order chi connectivity index (χ1) is 16.6. The Bertz CT molecular complexity index is 1350. The molecule has 0 aromatic heterocycles. The van der Waals surface area contributed by atoms with Crippen molar-refractivity contribution < 1.29 is 22.7 Å². The molecule has 3 aromatic rings. The van der Waals surface area contributed by atoms with Crippen LogP contribution in [0, 0.1) is 20.8 Å². The van der Waals surface area contributed by atoms with Gasteiger partial charge in [-0.05, 0) is 79.9 Å². The molecule has 0 bridgehead atoms. The molecular formula is C26H27N3O5S. The summed E-state index contributed by atoms with van der Waals surface area (Å²) in [5.41, 5.74) is 6.05. The molecule has 0 radical (unpaired) electrons. The molecule has 8 nitrogen and oxygen atoms in total. The normalized spacial score (nSPS) is 11.3. The minimum absolute atomic E-state index is 0.0909. The number of carbonyl (C=O) groups excluding carboxylic acids is 2. The smallest absolute Gasteiger partial charge is 0.308 e. The van der Waals surface area contributed by atoms with E-state index in [0.29, 0.717) is 17.0 Å². The van der Waals surface area contributed by atoms with E-state index in [-0.39, 0.29) is 4.90 Å². The predicted molar refractivity (Wildman–Crippen MR) is 135 cm³/mol. The van der Waals surface area contributed by atoms with E-state index in [2.05, 4.69) is 10.5 Å². The van der Waals surface area contributed by atoms with Crippen molar-refractivity contribution in [2.45, 2.75) is 32.6 Å². The first-order valence-corrected chi connectivity index (χ1v) is 12.3. The third-order valence-electron chi connectivity index (χ3n) is 5.29. The molecule has 0 unspecified atom stereocenters. The topological polar surface area (TPSA) is 105 Å². The van der Waals surface area contributed by atoms with E-state index >= 15 is 0 Å². The first-order valence-electron chi connectivity index (χ1n) is 10.8. The summed E-state index contributed by atoms with van der Waals surface area (Å²) < 4.78 is 33.1. The molecule has 0 aliphatic heterocycles. The molecule has 0 aliphatic rings.